The van der Waals surface area contributed by atoms with Crippen LogP contribution in [0.2, 0.25) is 0 Å². The van der Waals surface area contributed by atoms with Gasteiger partial charge in [-0.1, -0.05) is 11.6 Å². The summed E-state index contributed by atoms with van der Waals surface area (Å²) in [4.78, 5) is 0. The largest absolute Gasteiger partial charge is 0.310 e. The Balaban J connectivity index is 2.32. The fourth-order valence-corrected chi connectivity index (χ4v) is 2.27. The van der Waals surface area contributed by atoms with E-state index in [4.69, 9.17) is 0 Å². The molecule has 0 heterocycles. The summed E-state index contributed by atoms with van der Waals surface area (Å²) in [6.45, 7) is 0. The Morgan fingerprint density at radius 2 is 1.88 bits per heavy atom. The van der Waals surface area contributed by atoms with Gasteiger partial charge in [-0.15, -0.1) is 0 Å². The zero-order valence-electron chi connectivity index (χ0n) is 9.26. The zero-order valence-corrected chi connectivity index (χ0v) is 9.26. The van der Waals surface area contributed by atoms with Crippen LogP contribution in [0.4, 0.5) is 8.78 Å². The number of hydrogen-bond acceptors (Lipinski definition) is 1. The monoisotopic (exact) mass is 223 g/mol. The van der Waals surface area contributed by atoms with Gasteiger partial charge in [0.05, 0.1) is 6.04 Å². The molecule has 86 valence electrons. The minimum Gasteiger partial charge on any atom is -0.310 e. The van der Waals surface area contributed by atoms with Crippen LogP contribution in [0.5, 0.6) is 0 Å². The number of rotatable bonds is 3. The second kappa shape index (κ2) is 4.74. The van der Waals surface area contributed by atoms with Crippen molar-refractivity contribution in [3.05, 3.63) is 47.0 Å². The highest BCUT2D eigenvalue weighted by Gasteiger charge is 2.18. The van der Waals surface area contributed by atoms with Gasteiger partial charge in [-0.25, -0.2) is 8.78 Å². The Bertz CT molecular complexity index is 392. The molecular weight excluding hydrogens is 208 g/mol. The molecule has 0 aliphatic heterocycles. The van der Waals surface area contributed by atoms with Gasteiger partial charge < -0.3 is 5.32 Å². The summed E-state index contributed by atoms with van der Waals surface area (Å²) in [5.74, 6) is -1.04. The van der Waals surface area contributed by atoms with E-state index in [0.29, 0.717) is 5.56 Å². The fraction of sp³-hybridized carbons (Fsp3) is 0.385. The lowest BCUT2D eigenvalue weighted by Gasteiger charge is -2.18. The maximum Gasteiger partial charge on any atom is 0.126 e. The number of hydrogen-bond donors (Lipinski definition) is 1. The SMILES string of the molecule is CNC(C1=CCCC1)c1cc(F)cc(F)c1. The standard InChI is InChI=1S/C13H15F2N/c1-16-13(9-4-2-3-5-9)10-6-11(14)8-12(15)7-10/h4,6-8,13,16H,2-3,5H2,1H3. The minimum absolute atomic E-state index is 0.0623. The van der Waals surface area contributed by atoms with Crippen molar-refractivity contribution in [2.75, 3.05) is 7.05 Å². The molecular formula is C13H15F2N. The van der Waals surface area contributed by atoms with Crippen molar-refractivity contribution in [1.82, 2.24) is 5.32 Å². The number of benzene rings is 1. The van der Waals surface area contributed by atoms with Crippen LogP contribution in [0.25, 0.3) is 0 Å². The number of nitrogens with one attached hydrogen (secondary N) is 1. The van der Waals surface area contributed by atoms with E-state index in [0.717, 1.165) is 25.3 Å². The van der Waals surface area contributed by atoms with E-state index < -0.39 is 11.6 Å². The summed E-state index contributed by atoms with van der Waals surface area (Å²) in [5, 5.41) is 3.11. The predicted molar refractivity (Wildman–Crippen MR) is 60.1 cm³/mol. The molecule has 0 fully saturated rings. The van der Waals surface area contributed by atoms with Gasteiger partial charge in [-0.3, -0.25) is 0 Å². The van der Waals surface area contributed by atoms with Crippen molar-refractivity contribution in [2.24, 2.45) is 0 Å². The average molecular weight is 223 g/mol. The molecule has 1 aliphatic rings. The van der Waals surface area contributed by atoms with Crippen LogP contribution in [0, 0.1) is 11.6 Å². The van der Waals surface area contributed by atoms with Crippen LogP contribution in [-0.2, 0) is 0 Å². The van der Waals surface area contributed by atoms with Crippen LogP contribution in [0.1, 0.15) is 30.9 Å². The van der Waals surface area contributed by atoms with E-state index in [1.807, 2.05) is 7.05 Å². The molecule has 1 aromatic rings. The Morgan fingerprint density at radius 1 is 1.19 bits per heavy atom. The molecule has 0 aromatic heterocycles. The molecule has 3 heteroatoms. The lowest BCUT2D eigenvalue weighted by molar-refractivity contribution is 0.568. The molecule has 0 amide bonds. The second-order valence-corrected chi connectivity index (χ2v) is 4.10. The molecule has 0 radical (unpaired) electrons. The van der Waals surface area contributed by atoms with E-state index in [1.165, 1.54) is 17.7 Å². The summed E-state index contributed by atoms with van der Waals surface area (Å²) >= 11 is 0. The highest BCUT2D eigenvalue weighted by molar-refractivity contribution is 5.30. The Morgan fingerprint density at radius 3 is 2.38 bits per heavy atom. The number of allylic oxidation sites excluding steroid dienone is 1. The molecule has 0 saturated carbocycles. The highest BCUT2D eigenvalue weighted by atomic mass is 19.1. The van der Waals surface area contributed by atoms with Crippen molar-refractivity contribution >= 4 is 0 Å². The van der Waals surface area contributed by atoms with Gasteiger partial charge in [-0.05, 0) is 44.0 Å². The molecule has 1 unspecified atom stereocenters. The van der Waals surface area contributed by atoms with Crippen molar-refractivity contribution < 1.29 is 8.78 Å². The van der Waals surface area contributed by atoms with E-state index in [1.54, 1.807) is 0 Å². The Hall–Kier alpha value is -1.22. The summed E-state index contributed by atoms with van der Waals surface area (Å²) in [6, 6.07) is 3.62. The molecule has 1 aliphatic carbocycles. The van der Waals surface area contributed by atoms with E-state index >= 15 is 0 Å². The van der Waals surface area contributed by atoms with Gasteiger partial charge >= 0.3 is 0 Å². The molecule has 0 bridgehead atoms. The zero-order chi connectivity index (χ0) is 11.5. The number of likely N-dealkylation sites (N-methyl/N-ethyl adjacent to an activating group) is 1. The third-order valence-corrected chi connectivity index (χ3v) is 2.95. The van der Waals surface area contributed by atoms with Gasteiger partial charge in [0.25, 0.3) is 0 Å². The van der Waals surface area contributed by atoms with Gasteiger partial charge in [0.2, 0.25) is 0 Å². The van der Waals surface area contributed by atoms with Gasteiger partial charge in [-0.2, -0.15) is 0 Å². The molecule has 0 spiro atoms. The third-order valence-electron chi connectivity index (χ3n) is 2.95. The quantitative estimate of drug-likeness (QED) is 0.775. The van der Waals surface area contributed by atoms with Crippen molar-refractivity contribution in [1.29, 1.82) is 0 Å². The van der Waals surface area contributed by atoms with Crippen molar-refractivity contribution in [2.45, 2.75) is 25.3 Å². The third kappa shape index (κ3) is 2.30. The predicted octanol–water partition coefficient (Wildman–Crippen LogP) is 3.34. The lowest BCUT2D eigenvalue weighted by Crippen LogP contribution is -2.18. The normalized spacial score (nSPS) is 17.3. The first-order chi connectivity index (χ1) is 7.70. The first kappa shape index (κ1) is 11.3. The van der Waals surface area contributed by atoms with Gasteiger partial charge in [0.1, 0.15) is 11.6 Å². The van der Waals surface area contributed by atoms with Crippen molar-refractivity contribution in [3.8, 4) is 0 Å². The van der Waals surface area contributed by atoms with Gasteiger partial charge in [0.15, 0.2) is 0 Å². The highest BCUT2D eigenvalue weighted by Crippen LogP contribution is 2.30. The van der Waals surface area contributed by atoms with Crippen molar-refractivity contribution in [3.63, 3.8) is 0 Å². The van der Waals surface area contributed by atoms with E-state index in [9.17, 15) is 8.78 Å². The maximum atomic E-state index is 13.1. The summed E-state index contributed by atoms with van der Waals surface area (Å²) in [5.41, 5.74) is 1.89. The second-order valence-electron chi connectivity index (χ2n) is 4.10. The summed E-state index contributed by atoms with van der Waals surface area (Å²) in [6.07, 6.45) is 5.35. The maximum absolute atomic E-state index is 13.1. The average Bonchev–Trinajstić information content (AvgIpc) is 2.70. The molecule has 0 saturated heterocycles. The summed E-state index contributed by atoms with van der Waals surface area (Å²) < 4.78 is 26.2. The first-order valence-electron chi connectivity index (χ1n) is 5.53. The minimum atomic E-state index is -0.520. The van der Waals surface area contributed by atoms with Crippen LogP contribution in [0.3, 0.4) is 0 Å². The molecule has 2 rings (SSSR count). The molecule has 1 atom stereocenters. The smallest absolute Gasteiger partial charge is 0.126 e. The number of halogens is 2. The van der Waals surface area contributed by atoms with Crippen LogP contribution >= 0.6 is 0 Å². The topological polar surface area (TPSA) is 12.0 Å². The fourth-order valence-electron chi connectivity index (χ4n) is 2.27. The molecule has 1 aromatic carbocycles. The Labute approximate surface area is 94.2 Å². The van der Waals surface area contributed by atoms with Gasteiger partial charge in [0, 0.05) is 6.07 Å². The Kier molecular flexibility index (Phi) is 3.34. The molecule has 16 heavy (non-hydrogen) atoms. The van der Waals surface area contributed by atoms with Crippen LogP contribution < -0.4 is 5.32 Å². The van der Waals surface area contributed by atoms with Crippen LogP contribution in [0.15, 0.2) is 29.8 Å². The first-order valence-corrected chi connectivity index (χ1v) is 5.53. The van der Waals surface area contributed by atoms with E-state index in [2.05, 4.69) is 11.4 Å². The molecule has 1 N–H and O–H groups in total. The van der Waals surface area contributed by atoms with Crippen LogP contribution in [-0.4, -0.2) is 7.05 Å². The lowest BCUT2D eigenvalue weighted by atomic mass is 9.98. The molecule has 1 nitrogen and oxygen atoms in total. The summed E-state index contributed by atoms with van der Waals surface area (Å²) in [7, 11) is 1.81. The van der Waals surface area contributed by atoms with E-state index in [-0.39, 0.29) is 6.04 Å².